The lowest BCUT2D eigenvalue weighted by Crippen LogP contribution is -2.17. The van der Waals surface area contributed by atoms with Gasteiger partial charge in [-0.15, -0.1) is 11.8 Å². The molecule has 1 saturated heterocycles. The Morgan fingerprint density at radius 2 is 2.30 bits per heavy atom. The Hall–Kier alpha value is -2.05. The number of hydrogen-bond donors (Lipinski definition) is 1. The summed E-state index contributed by atoms with van der Waals surface area (Å²) in [5, 5.41) is 2.87. The molecule has 1 fully saturated rings. The van der Waals surface area contributed by atoms with Crippen LogP contribution in [0.4, 0.5) is 5.69 Å². The van der Waals surface area contributed by atoms with Gasteiger partial charge < -0.3 is 14.8 Å². The van der Waals surface area contributed by atoms with E-state index in [2.05, 4.69) is 10.3 Å². The molecule has 1 atom stereocenters. The number of nitrogens with zero attached hydrogens (tertiary/aromatic N) is 1. The van der Waals surface area contributed by atoms with E-state index in [9.17, 15) is 4.79 Å². The van der Waals surface area contributed by atoms with Gasteiger partial charge in [-0.05, 0) is 30.5 Å². The normalized spacial score (nSPS) is 17.0. The molecule has 1 aromatic carbocycles. The highest BCUT2D eigenvalue weighted by atomic mass is 32.2. The van der Waals surface area contributed by atoms with E-state index in [0.717, 1.165) is 23.6 Å². The van der Waals surface area contributed by atoms with Crippen molar-refractivity contribution in [2.24, 2.45) is 0 Å². The van der Waals surface area contributed by atoms with Crippen molar-refractivity contribution in [2.75, 3.05) is 24.8 Å². The maximum atomic E-state index is 12.3. The SMILES string of the molecule is CSc1cccc(NC(=O)c2ccc(O[C@H]3CCOC3)nc2)c1. The van der Waals surface area contributed by atoms with Crippen molar-refractivity contribution < 1.29 is 14.3 Å². The Morgan fingerprint density at radius 3 is 3.00 bits per heavy atom. The number of amides is 1. The van der Waals surface area contributed by atoms with Crippen LogP contribution in [0.2, 0.25) is 0 Å². The van der Waals surface area contributed by atoms with Crippen LogP contribution in [0.1, 0.15) is 16.8 Å². The second kappa shape index (κ2) is 7.48. The van der Waals surface area contributed by atoms with Crippen LogP contribution in [0.3, 0.4) is 0 Å². The molecule has 1 aliphatic rings. The van der Waals surface area contributed by atoms with Crippen LogP contribution in [-0.4, -0.2) is 36.5 Å². The summed E-state index contributed by atoms with van der Waals surface area (Å²) in [6.07, 6.45) is 4.45. The highest BCUT2D eigenvalue weighted by Gasteiger charge is 2.17. The van der Waals surface area contributed by atoms with Crippen molar-refractivity contribution in [1.29, 1.82) is 0 Å². The number of pyridine rings is 1. The smallest absolute Gasteiger partial charge is 0.257 e. The van der Waals surface area contributed by atoms with Crippen LogP contribution >= 0.6 is 11.8 Å². The lowest BCUT2D eigenvalue weighted by atomic mass is 10.2. The van der Waals surface area contributed by atoms with Crippen LogP contribution in [0.5, 0.6) is 5.88 Å². The quantitative estimate of drug-likeness (QED) is 0.853. The number of carbonyl (C=O) groups excluding carboxylic acids is 1. The van der Waals surface area contributed by atoms with E-state index >= 15 is 0 Å². The summed E-state index contributed by atoms with van der Waals surface area (Å²) in [4.78, 5) is 17.5. The monoisotopic (exact) mass is 330 g/mol. The number of benzene rings is 1. The molecule has 0 radical (unpaired) electrons. The second-order valence-electron chi connectivity index (χ2n) is 5.17. The summed E-state index contributed by atoms with van der Waals surface area (Å²) in [5.41, 5.74) is 1.26. The summed E-state index contributed by atoms with van der Waals surface area (Å²) in [5.74, 6) is 0.327. The average Bonchev–Trinajstić information content (AvgIpc) is 3.08. The predicted molar refractivity (Wildman–Crippen MR) is 90.3 cm³/mol. The second-order valence-corrected chi connectivity index (χ2v) is 6.05. The number of ether oxygens (including phenoxy) is 2. The molecule has 5 nitrogen and oxygen atoms in total. The molecule has 120 valence electrons. The zero-order valence-corrected chi connectivity index (χ0v) is 13.6. The van der Waals surface area contributed by atoms with Gasteiger partial charge in [-0.25, -0.2) is 4.98 Å². The first-order valence-corrected chi connectivity index (χ1v) is 8.63. The van der Waals surface area contributed by atoms with Gasteiger partial charge >= 0.3 is 0 Å². The number of anilines is 1. The molecule has 0 spiro atoms. The number of rotatable bonds is 5. The van der Waals surface area contributed by atoms with E-state index in [1.807, 2.05) is 30.5 Å². The van der Waals surface area contributed by atoms with Crippen molar-refractivity contribution >= 4 is 23.4 Å². The lowest BCUT2D eigenvalue weighted by molar-refractivity contribution is 0.102. The van der Waals surface area contributed by atoms with Gasteiger partial charge in [-0.2, -0.15) is 0 Å². The summed E-state index contributed by atoms with van der Waals surface area (Å²) < 4.78 is 10.9. The molecule has 23 heavy (non-hydrogen) atoms. The highest BCUT2D eigenvalue weighted by molar-refractivity contribution is 7.98. The minimum atomic E-state index is -0.188. The fourth-order valence-electron chi connectivity index (χ4n) is 2.27. The van der Waals surface area contributed by atoms with E-state index in [0.29, 0.717) is 18.1 Å². The minimum absolute atomic E-state index is 0.0523. The Kier molecular flexibility index (Phi) is 5.15. The van der Waals surface area contributed by atoms with Crippen molar-refractivity contribution in [1.82, 2.24) is 4.98 Å². The third-order valence-corrected chi connectivity index (χ3v) is 4.23. The maximum Gasteiger partial charge on any atom is 0.257 e. The van der Waals surface area contributed by atoms with Crippen LogP contribution in [0.25, 0.3) is 0 Å². The Bertz CT molecular complexity index is 670. The molecule has 1 amide bonds. The van der Waals surface area contributed by atoms with E-state index in [-0.39, 0.29) is 12.0 Å². The van der Waals surface area contributed by atoms with Gasteiger partial charge in [0.15, 0.2) is 0 Å². The van der Waals surface area contributed by atoms with Gasteiger partial charge in [0, 0.05) is 29.3 Å². The number of aromatic nitrogens is 1. The van der Waals surface area contributed by atoms with E-state index in [4.69, 9.17) is 9.47 Å². The van der Waals surface area contributed by atoms with Crippen molar-refractivity contribution in [3.8, 4) is 5.88 Å². The standard InChI is InChI=1S/C17H18N2O3S/c1-23-15-4-2-3-13(9-15)19-17(20)12-5-6-16(18-10-12)22-14-7-8-21-11-14/h2-6,9-10,14H,7-8,11H2,1H3,(H,19,20)/t14-/m0/s1. The molecule has 0 unspecified atom stereocenters. The van der Waals surface area contributed by atoms with Gasteiger partial charge in [0.05, 0.1) is 18.8 Å². The lowest BCUT2D eigenvalue weighted by Gasteiger charge is -2.11. The molecule has 6 heteroatoms. The van der Waals surface area contributed by atoms with E-state index in [1.54, 1.807) is 23.9 Å². The molecule has 3 rings (SSSR count). The Balaban J connectivity index is 1.62. The fourth-order valence-corrected chi connectivity index (χ4v) is 2.72. The summed E-state index contributed by atoms with van der Waals surface area (Å²) in [6, 6.07) is 11.1. The van der Waals surface area contributed by atoms with Crippen LogP contribution in [0, 0.1) is 0 Å². The van der Waals surface area contributed by atoms with Gasteiger partial charge in [0.1, 0.15) is 6.10 Å². The third kappa shape index (κ3) is 4.24. The van der Waals surface area contributed by atoms with Gasteiger partial charge in [0.2, 0.25) is 5.88 Å². The van der Waals surface area contributed by atoms with Gasteiger partial charge in [-0.1, -0.05) is 6.07 Å². The highest BCUT2D eigenvalue weighted by Crippen LogP contribution is 2.20. The van der Waals surface area contributed by atoms with Crippen LogP contribution in [-0.2, 0) is 4.74 Å². The predicted octanol–water partition coefficient (Wildman–Crippen LogP) is 3.22. The van der Waals surface area contributed by atoms with Gasteiger partial charge in [0.25, 0.3) is 5.91 Å². The van der Waals surface area contributed by atoms with Gasteiger partial charge in [-0.3, -0.25) is 4.79 Å². The zero-order valence-electron chi connectivity index (χ0n) is 12.8. The number of carbonyl (C=O) groups is 1. The topological polar surface area (TPSA) is 60.5 Å². The Morgan fingerprint density at radius 1 is 1.39 bits per heavy atom. The third-order valence-electron chi connectivity index (χ3n) is 3.50. The maximum absolute atomic E-state index is 12.3. The Labute approximate surface area is 139 Å². The van der Waals surface area contributed by atoms with Crippen molar-refractivity contribution in [3.63, 3.8) is 0 Å². The molecular formula is C17H18N2O3S. The molecule has 0 aliphatic carbocycles. The molecule has 2 heterocycles. The molecule has 1 N–H and O–H groups in total. The molecular weight excluding hydrogens is 312 g/mol. The summed E-state index contributed by atoms with van der Waals surface area (Å²) in [7, 11) is 0. The molecule has 1 aliphatic heterocycles. The first-order valence-electron chi connectivity index (χ1n) is 7.40. The zero-order chi connectivity index (χ0) is 16.1. The molecule has 1 aromatic heterocycles. The molecule has 0 saturated carbocycles. The number of nitrogens with one attached hydrogen (secondary N) is 1. The molecule has 2 aromatic rings. The largest absolute Gasteiger partial charge is 0.472 e. The fraction of sp³-hybridized carbons (Fsp3) is 0.294. The molecule has 0 bridgehead atoms. The number of thioether (sulfide) groups is 1. The van der Waals surface area contributed by atoms with Crippen molar-refractivity contribution in [3.05, 3.63) is 48.2 Å². The van der Waals surface area contributed by atoms with Crippen molar-refractivity contribution in [2.45, 2.75) is 17.4 Å². The summed E-state index contributed by atoms with van der Waals surface area (Å²) >= 11 is 1.63. The first kappa shape index (κ1) is 15.8. The summed E-state index contributed by atoms with van der Waals surface area (Å²) in [6.45, 7) is 1.32. The van der Waals surface area contributed by atoms with E-state index < -0.39 is 0 Å². The first-order chi connectivity index (χ1) is 11.2. The van der Waals surface area contributed by atoms with E-state index in [1.165, 1.54) is 6.20 Å². The number of hydrogen-bond acceptors (Lipinski definition) is 5. The average molecular weight is 330 g/mol. The van der Waals surface area contributed by atoms with Crippen LogP contribution in [0.15, 0.2) is 47.5 Å². The minimum Gasteiger partial charge on any atom is -0.472 e. The van der Waals surface area contributed by atoms with Crippen LogP contribution < -0.4 is 10.1 Å².